The number of hydrogen-bond donors (Lipinski definition) is 2. The molecule has 0 saturated heterocycles. The second kappa shape index (κ2) is 6.50. The number of anilines is 2. The van der Waals surface area contributed by atoms with Gasteiger partial charge in [-0.05, 0) is 43.3 Å². The number of nitrogens with two attached hydrogens (primary N) is 1. The molecule has 1 amide bonds. The van der Waals surface area contributed by atoms with Crippen LogP contribution >= 0.6 is 22.9 Å². The number of thiophene rings is 1. The fraction of sp³-hybridized carbons (Fsp3) is 0.222. The molecule has 3 N–H and O–H groups in total. The van der Waals surface area contributed by atoms with Crippen molar-refractivity contribution in [3.63, 3.8) is 0 Å². The Morgan fingerprint density at radius 3 is 3.00 bits per heavy atom. The predicted octanol–water partition coefficient (Wildman–Crippen LogP) is 3.91. The van der Waals surface area contributed by atoms with Crippen LogP contribution in [0.15, 0.2) is 24.3 Å². The Bertz CT molecular complexity index is 1040. The minimum absolute atomic E-state index is 0.0490. The first kappa shape index (κ1) is 17.2. The van der Waals surface area contributed by atoms with E-state index in [0.717, 1.165) is 35.8 Å². The Hall–Kier alpha value is -2.22. The fourth-order valence-corrected chi connectivity index (χ4v) is 4.57. The third kappa shape index (κ3) is 3.02. The van der Waals surface area contributed by atoms with Gasteiger partial charge in [0.05, 0.1) is 11.3 Å². The lowest BCUT2D eigenvalue weighted by Gasteiger charge is -2.21. The molecule has 0 fully saturated rings. The first-order valence-electron chi connectivity index (χ1n) is 8.08. The molecule has 1 aliphatic heterocycles. The summed E-state index contributed by atoms with van der Waals surface area (Å²) >= 11 is 7.35. The highest BCUT2D eigenvalue weighted by atomic mass is 35.5. The molecular formula is C18H16ClFN4OS. The van der Waals surface area contributed by atoms with Gasteiger partial charge < -0.3 is 16.0 Å². The van der Waals surface area contributed by atoms with E-state index in [2.05, 4.69) is 22.2 Å². The molecule has 4 rings (SSSR count). The Morgan fingerprint density at radius 2 is 2.23 bits per heavy atom. The topological polar surface area (TPSA) is 71.2 Å². The number of hydrogen-bond acceptors (Lipinski definition) is 5. The summed E-state index contributed by atoms with van der Waals surface area (Å²) in [6.45, 7) is 1.83. The van der Waals surface area contributed by atoms with Gasteiger partial charge in [-0.2, -0.15) is 0 Å². The molecule has 3 heterocycles. The van der Waals surface area contributed by atoms with Crippen LogP contribution in [0.2, 0.25) is 5.02 Å². The highest BCUT2D eigenvalue weighted by molar-refractivity contribution is 7.18. The van der Waals surface area contributed by atoms with Gasteiger partial charge in [0, 0.05) is 28.4 Å². The number of likely N-dealkylation sites (N-methyl/N-ethyl adjacent to an activating group) is 1. The van der Waals surface area contributed by atoms with Crippen molar-refractivity contribution in [3.8, 4) is 0 Å². The second-order valence-electron chi connectivity index (χ2n) is 6.34. The normalized spacial score (nSPS) is 14.4. The number of nitrogens with zero attached hydrogens (tertiary/aromatic N) is 2. The van der Waals surface area contributed by atoms with E-state index >= 15 is 0 Å². The maximum Gasteiger partial charge on any atom is 0.259 e. The molecular weight excluding hydrogens is 375 g/mol. The molecule has 0 unspecified atom stereocenters. The minimum atomic E-state index is -0.602. The summed E-state index contributed by atoms with van der Waals surface area (Å²) in [5.41, 5.74) is 7.51. The number of carbonyl (C=O) groups is 1. The van der Waals surface area contributed by atoms with E-state index in [1.807, 2.05) is 0 Å². The molecule has 3 aromatic rings. The van der Waals surface area contributed by atoms with E-state index in [9.17, 15) is 9.18 Å². The van der Waals surface area contributed by atoms with Crippen molar-refractivity contribution in [2.45, 2.75) is 13.0 Å². The van der Waals surface area contributed by atoms with Gasteiger partial charge >= 0.3 is 0 Å². The van der Waals surface area contributed by atoms with E-state index in [0.29, 0.717) is 0 Å². The lowest BCUT2D eigenvalue weighted by molar-refractivity contribution is 0.102. The fourth-order valence-electron chi connectivity index (χ4n) is 3.12. The van der Waals surface area contributed by atoms with Gasteiger partial charge in [0.15, 0.2) is 0 Å². The number of halogens is 2. The van der Waals surface area contributed by atoms with Crippen LogP contribution in [0, 0.1) is 5.82 Å². The summed E-state index contributed by atoms with van der Waals surface area (Å²) in [6, 6.07) is 5.84. The van der Waals surface area contributed by atoms with Crippen molar-refractivity contribution in [3.05, 3.63) is 51.1 Å². The molecule has 5 nitrogen and oxygen atoms in total. The molecule has 0 saturated carbocycles. The maximum absolute atomic E-state index is 13.9. The standard InChI is InChI=1S/C18H16ClFN4OS/c1-24-5-4-10-11-7-12(16(21)23-18(11)26-15(10)8-24)17(25)22-14-3-2-9(19)6-13(14)20/h2-3,6-7H,4-5,8H2,1H3,(H2,21,23)(H,22,25). The van der Waals surface area contributed by atoms with Crippen LogP contribution in [0.3, 0.4) is 0 Å². The molecule has 1 aliphatic rings. The Kier molecular flexibility index (Phi) is 4.30. The monoisotopic (exact) mass is 390 g/mol. The van der Waals surface area contributed by atoms with Crippen molar-refractivity contribution in [2.75, 3.05) is 24.6 Å². The van der Waals surface area contributed by atoms with Gasteiger partial charge in [0.25, 0.3) is 5.91 Å². The molecule has 0 atom stereocenters. The van der Waals surface area contributed by atoms with Crippen LogP contribution in [-0.2, 0) is 13.0 Å². The van der Waals surface area contributed by atoms with E-state index in [1.54, 1.807) is 17.4 Å². The van der Waals surface area contributed by atoms with Gasteiger partial charge in [-0.1, -0.05) is 11.6 Å². The molecule has 0 aliphatic carbocycles. The van der Waals surface area contributed by atoms with Crippen molar-refractivity contribution in [2.24, 2.45) is 0 Å². The number of aromatic nitrogens is 1. The molecule has 8 heteroatoms. The number of nitrogens with one attached hydrogen (secondary N) is 1. The zero-order chi connectivity index (χ0) is 18.4. The van der Waals surface area contributed by atoms with Gasteiger partial charge in [-0.3, -0.25) is 4.79 Å². The lowest BCUT2D eigenvalue weighted by atomic mass is 10.0. The molecule has 26 heavy (non-hydrogen) atoms. The summed E-state index contributed by atoms with van der Waals surface area (Å²) in [4.78, 5) is 21.4. The summed E-state index contributed by atoms with van der Waals surface area (Å²) in [5, 5.41) is 3.76. The average molecular weight is 391 g/mol. The van der Waals surface area contributed by atoms with Crippen molar-refractivity contribution in [1.29, 1.82) is 0 Å². The third-order valence-corrected chi connectivity index (χ3v) is 5.84. The zero-order valence-electron chi connectivity index (χ0n) is 14.0. The van der Waals surface area contributed by atoms with Crippen molar-refractivity contribution in [1.82, 2.24) is 9.88 Å². The number of fused-ring (bicyclic) bond motifs is 3. The number of rotatable bonds is 2. The highest BCUT2D eigenvalue weighted by Crippen LogP contribution is 2.35. The highest BCUT2D eigenvalue weighted by Gasteiger charge is 2.22. The second-order valence-corrected chi connectivity index (χ2v) is 7.86. The molecule has 0 radical (unpaired) electrons. The summed E-state index contributed by atoms with van der Waals surface area (Å²) in [5.74, 6) is -0.961. The number of nitrogen functional groups attached to an aromatic ring is 1. The Balaban J connectivity index is 1.71. The Morgan fingerprint density at radius 1 is 1.42 bits per heavy atom. The van der Waals surface area contributed by atoms with E-state index < -0.39 is 11.7 Å². The van der Waals surface area contributed by atoms with Crippen LogP contribution in [0.4, 0.5) is 15.9 Å². The maximum atomic E-state index is 13.9. The van der Waals surface area contributed by atoms with Crippen molar-refractivity contribution < 1.29 is 9.18 Å². The van der Waals surface area contributed by atoms with E-state index in [4.69, 9.17) is 17.3 Å². The number of amides is 1. The minimum Gasteiger partial charge on any atom is -0.383 e. The average Bonchev–Trinajstić information content (AvgIpc) is 2.92. The smallest absolute Gasteiger partial charge is 0.259 e. The van der Waals surface area contributed by atoms with Gasteiger partial charge in [-0.25, -0.2) is 9.37 Å². The Labute approximate surface area is 158 Å². The van der Waals surface area contributed by atoms with E-state index in [1.165, 1.54) is 22.6 Å². The third-order valence-electron chi connectivity index (χ3n) is 4.48. The number of carbonyl (C=O) groups excluding carboxylic acids is 1. The largest absolute Gasteiger partial charge is 0.383 e. The van der Waals surface area contributed by atoms with Crippen LogP contribution in [0.25, 0.3) is 10.2 Å². The summed E-state index contributed by atoms with van der Waals surface area (Å²) in [7, 11) is 2.08. The summed E-state index contributed by atoms with van der Waals surface area (Å²) < 4.78 is 13.9. The lowest BCUT2D eigenvalue weighted by Crippen LogP contribution is -2.25. The van der Waals surface area contributed by atoms with Crippen LogP contribution in [0.5, 0.6) is 0 Å². The molecule has 134 valence electrons. The van der Waals surface area contributed by atoms with E-state index in [-0.39, 0.29) is 22.1 Å². The zero-order valence-corrected chi connectivity index (χ0v) is 15.5. The number of pyridine rings is 1. The first-order chi connectivity index (χ1) is 12.4. The quantitative estimate of drug-likeness (QED) is 0.695. The van der Waals surface area contributed by atoms with Gasteiger partial charge in [-0.15, -0.1) is 11.3 Å². The first-order valence-corrected chi connectivity index (χ1v) is 9.27. The van der Waals surface area contributed by atoms with Crippen molar-refractivity contribution >= 4 is 50.6 Å². The molecule has 2 aromatic heterocycles. The SMILES string of the molecule is CN1CCc2c(sc3nc(N)c(C(=O)Nc4ccc(Cl)cc4F)cc23)C1. The van der Waals surface area contributed by atoms with Crippen LogP contribution in [-0.4, -0.2) is 29.4 Å². The predicted molar refractivity (Wildman–Crippen MR) is 103 cm³/mol. The summed E-state index contributed by atoms with van der Waals surface area (Å²) in [6.07, 6.45) is 0.907. The molecule has 0 bridgehead atoms. The van der Waals surface area contributed by atoms with Gasteiger partial charge in [0.1, 0.15) is 16.5 Å². The number of benzene rings is 1. The van der Waals surface area contributed by atoms with Crippen LogP contribution in [0.1, 0.15) is 20.8 Å². The van der Waals surface area contributed by atoms with Gasteiger partial charge in [0.2, 0.25) is 0 Å². The molecule has 1 aromatic carbocycles. The van der Waals surface area contributed by atoms with Crippen LogP contribution < -0.4 is 11.1 Å². The molecule has 0 spiro atoms.